The smallest absolute Gasteiger partial charge is 0.340 e. The predicted octanol–water partition coefficient (Wildman–Crippen LogP) is 3.24. The van der Waals surface area contributed by atoms with E-state index in [0.29, 0.717) is 4.47 Å². The number of hydrogen-bond donors (Lipinski definition) is 0. The molecule has 0 aliphatic rings. The number of halogens is 2. The Hall–Kier alpha value is -1.05. The second kappa shape index (κ2) is 5.88. The number of hydrogen-bond acceptors (Lipinski definition) is 3. The van der Waals surface area contributed by atoms with Crippen molar-refractivity contribution < 1.29 is 9.53 Å². The van der Waals surface area contributed by atoms with E-state index in [1.54, 1.807) is 19.1 Å². The van der Waals surface area contributed by atoms with Crippen molar-refractivity contribution in [1.29, 1.82) is 5.26 Å². The minimum atomic E-state index is -0.507. The summed E-state index contributed by atoms with van der Waals surface area (Å²) in [5.41, 5.74) is 1.29. The number of carbonyl (C=O) groups is 1. The molecular formula is C11H9BrClNO2. The van der Waals surface area contributed by atoms with Gasteiger partial charge in [0.15, 0.2) is 0 Å². The summed E-state index contributed by atoms with van der Waals surface area (Å²) in [6.45, 7) is 1.98. The lowest BCUT2D eigenvalue weighted by atomic mass is 10.1. The van der Waals surface area contributed by atoms with E-state index in [9.17, 15) is 4.79 Å². The molecule has 0 fully saturated rings. The summed E-state index contributed by atoms with van der Waals surface area (Å²) in [6.07, 6.45) is 0. The molecule has 0 heterocycles. The molecule has 84 valence electrons. The molecule has 0 bridgehead atoms. The largest absolute Gasteiger partial charge is 0.462 e. The first-order valence-electron chi connectivity index (χ1n) is 4.59. The molecule has 0 unspecified atom stereocenters. The van der Waals surface area contributed by atoms with E-state index in [0.717, 1.165) is 5.56 Å². The molecule has 0 aliphatic carbocycles. The van der Waals surface area contributed by atoms with Gasteiger partial charge in [-0.25, -0.2) is 4.79 Å². The third-order valence-electron chi connectivity index (χ3n) is 1.90. The average Bonchev–Trinajstić information content (AvgIpc) is 2.27. The van der Waals surface area contributed by atoms with Crippen molar-refractivity contribution in [2.24, 2.45) is 0 Å². The molecule has 0 amide bonds. The Morgan fingerprint density at radius 1 is 1.62 bits per heavy atom. The SMILES string of the molecule is CCOC(=O)c1c(Br)cc(CCl)cc1C#N. The van der Waals surface area contributed by atoms with Gasteiger partial charge in [-0.15, -0.1) is 11.6 Å². The summed E-state index contributed by atoms with van der Waals surface area (Å²) in [4.78, 5) is 11.6. The monoisotopic (exact) mass is 301 g/mol. The van der Waals surface area contributed by atoms with Crippen LogP contribution < -0.4 is 0 Å². The van der Waals surface area contributed by atoms with E-state index in [1.807, 2.05) is 6.07 Å². The molecule has 0 N–H and O–H groups in total. The first-order chi connectivity index (χ1) is 7.63. The van der Waals surface area contributed by atoms with Gasteiger partial charge < -0.3 is 4.74 Å². The van der Waals surface area contributed by atoms with Crippen LogP contribution in [0.1, 0.15) is 28.4 Å². The fourth-order valence-corrected chi connectivity index (χ4v) is 2.06. The maximum atomic E-state index is 11.6. The lowest BCUT2D eigenvalue weighted by Gasteiger charge is -2.07. The van der Waals surface area contributed by atoms with Gasteiger partial charge in [0.2, 0.25) is 0 Å². The second-order valence-corrected chi connectivity index (χ2v) is 4.09. The molecule has 1 aromatic rings. The number of rotatable bonds is 3. The van der Waals surface area contributed by atoms with E-state index in [4.69, 9.17) is 21.6 Å². The number of alkyl halides is 1. The fraction of sp³-hybridized carbons (Fsp3) is 0.273. The normalized spacial score (nSPS) is 9.62. The van der Waals surface area contributed by atoms with Crippen LogP contribution in [0, 0.1) is 11.3 Å². The van der Waals surface area contributed by atoms with E-state index >= 15 is 0 Å². The van der Waals surface area contributed by atoms with Crippen LogP contribution in [0.25, 0.3) is 0 Å². The molecule has 0 saturated carbocycles. The van der Waals surface area contributed by atoms with Gasteiger partial charge in [-0.3, -0.25) is 0 Å². The Morgan fingerprint density at radius 2 is 2.31 bits per heavy atom. The van der Waals surface area contributed by atoms with Crippen LogP contribution in [0.5, 0.6) is 0 Å². The van der Waals surface area contributed by atoms with E-state index < -0.39 is 5.97 Å². The molecule has 0 atom stereocenters. The van der Waals surface area contributed by atoms with Crippen LogP contribution in [0.15, 0.2) is 16.6 Å². The summed E-state index contributed by atoms with van der Waals surface area (Å²) in [7, 11) is 0. The highest BCUT2D eigenvalue weighted by Crippen LogP contribution is 2.24. The van der Waals surface area contributed by atoms with Gasteiger partial charge in [-0.1, -0.05) is 0 Å². The summed E-state index contributed by atoms with van der Waals surface area (Å²) in [6, 6.07) is 5.26. The number of nitriles is 1. The van der Waals surface area contributed by atoms with Crippen molar-refractivity contribution in [3.05, 3.63) is 33.3 Å². The first kappa shape index (κ1) is 13.0. The number of carbonyl (C=O) groups excluding carboxylic acids is 1. The van der Waals surface area contributed by atoms with Crippen molar-refractivity contribution in [2.45, 2.75) is 12.8 Å². The Morgan fingerprint density at radius 3 is 2.81 bits per heavy atom. The number of esters is 1. The van der Waals surface area contributed by atoms with Crippen LogP contribution in [0.2, 0.25) is 0 Å². The van der Waals surface area contributed by atoms with Crippen LogP contribution >= 0.6 is 27.5 Å². The third-order valence-corrected chi connectivity index (χ3v) is 2.84. The topological polar surface area (TPSA) is 50.1 Å². The van der Waals surface area contributed by atoms with Gasteiger partial charge in [-0.05, 0) is 40.5 Å². The molecule has 1 aromatic carbocycles. The predicted molar refractivity (Wildman–Crippen MR) is 64.4 cm³/mol. The summed E-state index contributed by atoms with van der Waals surface area (Å²) in [5.74, 6) is -0.219. The molecule has 16 heavy (non-hydrogen) atoms. The maximum Gasteiger partial charge on any atom is 0.340 e. The first-order valence-corrected chi connectivity index (χ1v) is 5.92. The van der Waals surface area contributed by atoms with E-state index in [1.165, 1.54) is 0 Å². The summed E-state index contributed by atoms with van der Waals surface area (Å²) in [5, 5.41) is 8.96. The van der Waals surface area contributed by atoms with Crippen molar-refractivity contribution in [3.8, 4) is 6.07 Å². The standard InChI is InChI=1S/C11H9BrClNO2/c1-2-16-11(15)10-8(6-14)3-7(5-13)4-9(10)12/h3-4H,2,5H2,1H3. The van der Waals surface area contributed by atoms with Gasteiger partial charge in [0.05, 0.1) is 17.7 Å². The highest BCUT2D eigenvalue weighted by molar-refractivity contribution is 9.10. The van der Waals surface area contributed by atoms with Crippen LogP contribution in [0.4, 0.5) is 0 Å². The zero-order chi connectivity index (χ0) is 12.1. The van der Waals surface area contributed by atoms with Crippen LogP contribution in [0.3, 0.4) is 0 Å². The number of nitrogens with zero attached hydrogens (tertiary/aromatic N) is 1. The van der Waals surface area contributed by atoms with E-state index in [-0.39, 0.29) is 23.6 Å². The molecule has 0 radical (unpaired) electrons. The highest BCUT2D eigenvalue weighted by atomic mass is 79.9. The average molecular weight is 303 g/mol. The van der Waals surface area contributed by atoms with Gasteiger partial charge in [0.1, 0.15) is 6.07 Å². The quantitative estimate of drug-likeness (QED) is 0.636. The molecule has 1 rings (SSSR count). The molecule has 5 heteroatoms. The van der Waals surface area contributed by atoms with Gasteiger partial charge >= 0.3 is 5.97 Å². The zero-order valence-corrected chi connectivity index (χ0v) is 10.9. The van der Waals surface area contributed by atoms with E-state index in [2.05, 4.69) is 15.9 Å². The minimum Gasteiger partial charge on any atom is -0.462 e. The third kappa shape index (κ3) is 2.75. The Bertz CT molecular complexity index is 454. The van der Waals surface area contributed by atoms with Crippen molar-refractivity contribution >= 4 is 33.5 Å². The summed E-state index contributed by atoms with van der Waals surface area (Å²) < 4.78 is 5.40. The second-order valence-electron chi connectivity index (χ2n) is 2.97. The van der Waals surface area contributed by atoms with Gasteiger partial charge in [0.25, 0.3) is 0 Å². The zero-order valence-electron chi connectivity index (χ0n) is 8.59. The Balaban J connectivity index is 3.28. The van der Waals surface area contributed by atoms with Gasteiger partial charge in [0, 0.05) is 10.4 Å². The molecular weight excluding hydrogens is 293 g/mol. The van der Waals surface area contributed by atoms with Crippen molar-refractivity contribution in [1.82, 2.24) is 0 Å². The van der Waals surface area contributed by atoms with Gasteiger partial charge in [-0.2, -0.15) is 5.26 Å². The molecule has 3 nitrogen and oxygen atoms in total. The summed E-state index contributed by atoms with van der Waals surface area (Å²) >= 11 is 8.91. The van der Waals surface area contributed by atoms with Crippen LogP contribution in [-0.2, 0) is 10.6 Å². The van der Waals surface area contributed by atoms with Crippen molar-refractivity contribution in [3.63, 3.8) is 0 Å². The van der Waals surface area contributed by atoms with Crippen LogP contribution in [-0.4, -0.2) is 12.6 Å². The molecule has 0 spiro atoms. The lowest BCUT2D eigenvalue weighted by molar-refractivity contribution is 0.0525. The lowest BCUT2D eigenvalue weighted by Crippen LogP contribution is -2.08. The fourth-order valence-electron chi connectivity index (χ4n) is 1.24. The number of ether oxygens (including phenoxy) is 1. The Kier molecular flexibility index (Phi) is 4.78. The molecule has 0 aliphatic heterocycles. The highest BCUT2D eigenvalue weighted by Gasteiger charge is 2.17. The molecule has 0 saturated heterocycles. The Labute approximate surface area is 107 Å². The number of benzene rings is 1. The van der Waals surface area contributed by atoms with Crippen molar-refractivity contribution in [2.75, 3.05) is 6.61 Å². The maximum absolute atomic E-state index is 11.6. The minimum absolute atomic E-state index is 0.248. The molecule has 0 aromatic heterocycles.